The molecular formula is C21H27N3O2S. The number of hydrogen-bond donors (Lipinski definition) is 2. The molecule has 144 valence electrons. The first-order chi connectivity index (χ1) is 12.9. The number of nitrogens with zero attached hydrogens (tertiary/aromatic N) is 1. The second kappa shape index (κ2) is 10.1. The molecular weight excluding hydrogens is 358 g/mol. The van der Waals surface area contributed by atoms with Gasteiger partial charge in [0, 0.05) is 24.1 Å². The quantitative estimate of drug-likeness (QED) is 0.682. The van der Waals surface area contributed by atoms with Crippen molar-refractivity contribution in [3.63, 3.8) is 0 Å². The van der Waals surface area contributed by atoms with Gasteiger partial charge in [-0.3, -0.25) is 9.59 Å². The Hall–Kier alpha value is -2.31. The molecule has 6 heteroatoms. The predicted octanol–water partition coefficient (Wildman–Crippen LogP) is 3.54. The number of rotatable bonds is 8. The molecule has 0 aliphatic carbocycles. The van der Waals surface area contributed by atoms with E-state index in [1.807, 2.05) is 63.5 Å². The van der Waals surface area contributed by atoms with Crippen LogP contribution in [0.5, 0.6) is 0 Å². The first-order valence-electron chi connectivity index (χ1n) is 8.90. The third kappa shape index (κ3) is 6.73. The Morgan fingerprint density at radius 2 is 1.67 bits per heavy atom. The third-order valence-electron chi connectivity index (χ3n) is 4.13. The molecule has 27 heavy (non-hydrogen) atoms. The third-order valence-corrected chi connectivity index (χ3v) is 5.25. The summed E-state index contributed by atoms with van der Waals surface area (Å²) in [4.78, 5) is 26.7. The Morgan fingerprint density at radius 3 is 2.22 bits per heavy atom. The second-order valence-corrected chi connectivity index (χ2v) is 8.02. The van der Waals surface area contributed by atoms with Crippen LogP contribution in [0.2, 0.25) is 0 Å². The minimum atomic E-state index is -0.213. The number of nitrogens with one attached hydrogen (secondary N) is 2. The summed E-state index contributed by atoms with van der Waals surface area (Å²) in [7, 11) is 4.03. The molecule has 0 heterocycles. The van der Waals surface area contributed by atoms with Crippen molar-refractivity contribution in [2.24, 2.45) is 0 Å². The average Bonchev–Trinajstić information content (AvgIpc) is 2.63. The summed E-state index contributed by atoms with van der Waals surface area (Å²) in [6, 6.07) is 17.8. The van der Waals surface area contributed by atoms with E-state index in [9.17, 15) is 9.59 Å². The van der Waals surface area contributed by atoms with E-state index in [0.717, 1.165) is 10.6 Å². The number of hydrogen-bond acceptors (Lipinski definition) is 4. The second-order valence-electron chi connectivity index (χ2n) is 6.60. The fourth-order valence-electron chi connectivity index (χ4n) is 2.69. The topological polar surface area (TPSA) is 61.4 Å². The summed E-state index contributed by atoms with van der Waals surface area (Å²) in [5.41, 5.74) is 1.93. The van der Waals surface area contributed by atoms with Crippen molar-refractivity contribution in [2.45, 2.75) is 30.0 Å². The van der Waals surface area contributed by atoms with Crippen LogP contribution in [0, 0.1) is 0 Å². The standard InChI is InChI=1S/C21H27N3O2S/c1-15(27-19-12-10-18(11-13-19)23-16(2)25)21(26)22-14-20(24(3)4)17-8-6-5-7-9-17/h5-13,15,20H,14H2,1-4H3,(H,22,26)(H,23,25). The number of benzene rings is 2. The number of anilines is 1. The molecule has 0 aliphatic rings. The van der Waals surface area contributed by atoms with Crippen molar-refractivity contribution in [3.05, 3.63) is 60.2 Å². The summed E-state index contributed by atoms with van der Waals surface area (Å²) in [6.45, 7) is 3.93. The fraction of sp³-hybridized carbons (Fsp3) is 0.333. The molecule has 2 amide bonds. The van der Waals surface area contributed by atoms with Gasteiger partial charge in [0.2, 0.25) is 11.8 Å². The molecule has 2 rings (SSSR count). The van der Waals surface area contributed by atoms with Crippen molar-refractivity contribution in [1.29, 1.82) is 0 Å². The summed E-state index contributed by atoms with van der Waals surface area (Å²) in [5.74, 6) is -0.0919. The lowest BCUT2D eigenvalue weighted by Gasteiger charge is -2.25. The molecule has 0 fully saturated rings. The van der Waals surface area contributed by atoms with Gasteiger partial charge in [0.15, 0.2) is 0 Å². The molecule has 0 aromatic heterocycles. The van der Waals surface area contributed by atoms with E-state index in [-0.39, 0.29) is 23.1 Å². The maximum atomic E-state index is 12.5. The minimum Gasteiger partial charge on any atom is -0.353 e. The maximum Gasteiger partial charge on any atom is 0.233 e. The van der Waals surface area contributed by atoms with Gasteiger partial charge in [-0.2, -0.15) is 0 Å². The molecule has 2 unspecified atom stereocenters. The zero-order valence-electron chi connectivity index (χ0n) is 16.2. The summed E-state index contributed by atoms with van der Waals surface area (Å²) >= 11 is 1.50. The summed E-state index contributed by atoms with van der Waals surface area (Å²) < 4.78 is 0. The van der Waals surface area contributed by atoms with Gasteiger partial charge in [-0.25, -0.2) is 0 Å². The molecule has 0 radical (unpaired) electrons. The van der Waals surface area contributed by atoms with Crippen LogP contribution in [-0.2, 0) is 9.59 Å². The first kappa shape index (κ1) is 21.0. The lowest BCUT2D eigenvalue weighted by molar-refractivity contribution is -0.120. The number of amides is 2. The van der Waals surface area contributed by atoms with Crippen LogP contribution in [0.3, 0.4) is 0 Å². The predicted molar refractivity (Wildman–Crippen MR) is 112 cm³/mol. The number of likely N-dealkylation sites (N-methyl/N-ethyl adjacent to an activating group) is 1. The van der Waals surface area contributed by atoms with Crippen LogP contribution >= 0.6 is 11.8 Å². The smallest absolute Gasteiger partial charge is 0.233 e. The van der Waals surface area contributed by atoms with Crippen LogP contribution in [0.25, 0.3) is 0 Å². The van der Waals surface area contributed by atoms with E-state index in [1.165, 1.54) is 24.2 Å². The highest BCUT2D eigenvalue weighted by Crippen LogP contribution is 2.25. The number of carbonyl (C=O) groups excluding carboxylic acids is 2. The monoisotopic (exact) mass is 385 g/mol. The Kier molecular flexibility index (Phi) is 7.88. The van der Waals surface area contributed by atoms with Gasteiger partial charge in [-0.1, -0.05) is 30.3 Å². The minimum absolute atomic E-state index is 0.00807. The number of thioether (sulfide) groups is 1. The van der Waals surface area contributed by atoms with E-state index in [1.54, 1.807) is 0 Å². The molecule has 2 aromatic rings. The SMILES string of the molecule is CC(=O)Nc1ccc(SC(C)C(=O)NCC(c2ccccc2)N(C)C)cc1. The van der Waals surface area contributed by atoms with Gasteiger partial charge in [0.05, 0.1) is 11.3 Å². The zero-order valence-corrected chi connectivity index (χ0v) is 17.0. The van der Waals surface area contributed by atoms with Crippen molar-refractivity contribution in [1.82, 2.24) is 10.2 Å². The van der Waals surface area contributed by atoms with E-state index in [2.05, 4.69) is 27.7 Å². The van der Waals surface area contributed by atoms with Gasteiger partial charge in [-0.05, 0) is 50.8 Å². The molecule has 2 N–H and O–H groups in total. The lowest BCUT2D eigenvalue weighted by atomic mass is 10.1. The molecule has 0 spiro atoms. The van der Waals surface area contributed by atoms with Gasteiger partial charge in [0.1, 0.15) is 0 Å². The van der Waals surface area contributed by atoms with Gasteiger partial charge >= 0.3 is 0 Å². The van der Waals surface area contributed by atoms with Crippen LogP contribution < -0.4 is 10.6 Å². The maximum absolute atomic E-state index is 12.5. The Morgan fingerprint density at radius 1 is 1.04 bits per heavy atom. The van der Waals surface area contributed by atoms with Crippen molar-refractivity contribution in [3.8, 4) is 0 Å². The highest BCUT2D eigenvalue weighted by Gasteiger charge is 2.18. The molecule has 2 atom stereocenters. The number of carbonyl (C=O) groups is 2. The average molecular weight is 386 g/mol. The molecule has 0 bridgehead atoms. The summed E-state index contributed by atoms with van der Waals surface area (Å²) in [6.07, 6.45) is 0. The summed E-state index contributed by atoms with van der Waals surface area (Å²) in [5, 5.41) is 5.58. The molecule has 2 aromatic carbocycles. The van der Waals surface area contributed by atoms with Crippen molar-refractivity contribution >= 4 is 29.3 Å². The van der Waals surface area contributed by atoms with Gasteiger partial charge < -0.3 is 15.5 Å². The van der Waals surface area contributed by atoms with Gasteiger partial charge in [0.25, 0.3) is 0 Å². The Balaban J connectivity index is 1.90. The zero-order chi connectivity index (χ0) is 19.8. The van der Waals surface area contributed by atoms with Crippen molar-refractivity contribution < 1.29 is 9.59 Å². The Labute approximate surface area is 165 Å². The van der Waals surface area contributed by atoms with E-state index >= 15 is 0 Å². The van der Waals surface area contributed by atoms with Crippen LogP contribution in [-0.4, -0.2) is 42.6 Å². The van der Waals surface area contributed by atoms with E-state index in [0.29, 0.717) is 6.54 Å². The highest BCUT2D eigenvalue weighted by molar-refractivity contribution is 8.00. The molecule has 0 saturated carbocycles. The van der Waals surface area contributed by atoms with Crippen LogP contribution in [0.15, 0.2) is 59.5 Å². The van der Waals surface area contributed by atoms with Crippen LogP contribution in [0.4, 0.5) is 5.69 Å². The highest BCUT2D eigenvalue weighted by atomic mass is 32.2. The first-order valence-corrected chi connectivity index (χ1v) is 9.78. The molecule has 0 aliphatic heterocycles. The largest absolute Gasteiger partial charge is 0.353 e. The lowest BCUT2D eigenvalue weighted by Crippen LogP contribution is -2.38. The fourth-order valence-corrected chi connectivity index (χ4v) is 3.58. The molecule has 5 nitrogen and oxygen atoms in total. The molecule has 0 saturated heterocycles. The van der Waals surface area contributed by atoms with Crippen LogP contribution in [0.1, 0.15) is 25.5 Å². The van der Waals surface area contributed by atoms with Crippen molar-refractivity contribution in [2.75, 3.05) is 26.0 Å². The normalized spacial score (nSPS) is 13.1. The van der Waals surface area contributed by atoms with E-state index in [4.69, 9.17) is 0 Å². The van der Waals surface area contributed by atoms with E-state index < -0.39 is 0 Å². The Bertz CT molecular complexity index is 748. The van der Waals surface area contributed by atoms with Gasteiger partial charge in [-0.15, -0.1) is 11.8 Å².